The number of nitrogens with one attached hydrogen (secondary N) is 1. The van der Waals surface area contributed by atoms with Crippen molar-refractivity contribution in [2.45, 2.75) is 13.0 Å². The number of Topliss-reactive ketones (excluding diaryl/α,β-unsaturated/α-hetero) is 1. The minimum Gasteiger partial charge on any atom is -0.497 e. The standard InChI is InChI=1S/C26H23NO3/c1-29-22-14-12-21(13-15-22)25-17-23(27-18-20-10-6-3-7-11-20)26(30-25)24(28)16-19-8-4-2-5-9-19/h2-15,17,27H,16,18H2,1H3. The van der Waals surface area contributed by atoms with Crippen molar-refractivity contribution in [2.75, 3.05) is 12.4 Å². The lowest BCUT2D eigenvalue weighted by atomic mass is 10.1. The molecule has 3 aromatic carbocycles. The second-order valence-corrected chi connectivity index (χ2v) is 7.01. The number of rotatable bonds is 8. The van der Waals surface area contributed by atoms with Gasteiger partial charge in [0.15, 0.2) is 5.76 Å². The Labute approximate surface area is 176 Å². The molecule has 4 aromatic rings. The fourth-order valence-corrected chi connectivity index (χ4v) is 3.28. The third-order valence-corrected chi connectivity index (χ3v) is 4.89. The maximum atomic E-state index is 13.0. The lowest BCUT2D eigenvalue weighted by Crippen LogP contribution is -2.07. The zero-order valence-electron chi connectivity index (χ0n) is 16.8. The van der Waals surface area contributed by atoms with Gasteiger partial charge in [-0.25, -0.2) is 0 Å². The van der Waals surface area contributed by atoms with E-state index in [1.54, 1.807) is 7.11 Å². The Morgan fingerprint density at radius 1 is 0.867 bits per heavy atom. The number of carbonyl (C=O) groups excluding carboxylic acids is 1. The molecule has 0 amide bonds. The van der Waals surface area contributed by atoms with Gasteiger partial charge in [-0.15, -0.1) is 0 Å². The topological polar surface area (TPSA) is 51.5 Å². The average molecular weight is 397 g/mol. The van der Waals surface area contributed by atoms with Gasteiger partial charge < -0.3 is 14.5 Å². The highest BCUT2D eigenvalue weighted by Gasteiger charge is 2.20. The maximum absolute atomic E-state index is 13.0. The van der Waals surface area contributed by atoms with Crippen molar-refractivity contribution >= 4 is 11.5 Å². The van der Waals surface area contributed by atoms with Gasteiger partial charge in [-0.05, 0) is 35.4 Å². The molecule has 0 radical (unpaired) electrons. The summed E-state index contributed by atoms with van der Waals surface area (Å²) in [6.45, 7) is 0.605. The molecule has 1 N–H and O–H groups in total. The van der Waals surface area contributed by atoms with Gasteiger partial charge in [0.2, 0.25) is 5.78 Å². The Morgan fingerprint density at radius 2 is 1.50 bits per heavy atom. The number of carbonyl (C=O) groups is 1. The second kappa shape index (κ2) is 9.14. The third kappa shape index (κ3) is 4.61. The summed E-state index contributed by atoms with van der Waals surface area (Å²) in [6, 6.07) is 29.2. The Hall–Kier alpha value is -3.79. The van der Waals surface area contributed by atoms with E-state index in [0.29, 0.717) is 23.8 Å². The van der Waals surface area contributed by atoms with Crippen molar-refractivity contribution < 1.29 is 13.9 Å². The van der Waals surface area contributed by atoms with Crippen molar-refractivity contribution in [3.8, 4) is 17.1 Å². The number of furan rings is 1. The highest BCUT2D eigenvalue weighted by molar-refractivity contribution is 6.00. The van der Waals surface area contributed by atoms with Crippen molar-refractivity contribution in [1.29, 1.82) is 0 Å². The van der Waals surface area contributed by atoms with Crippen LogP contribution in [0.5, 0.6) is 5.75 Å². The first-order chi connectivity index (χ1) is 14.7. The van der Waals surface area contributed by atoms with Gasteiger partial charge in [-0.2, -0.15) is 0 Å². The van der Waals surface area contributed by atoms with Crippen LogP contribution in [0.1, 0.15) is 21.7 Å². The number of ketones is 1. The van der Waals surface area contributed by atoms with Crippen LogP contribution >= 0.6 is 0 Å². The average Bonchev–Trinajstić information content (AvgIpc) is 3.23. The van der Waals surface area contributed by atoms with Gasteiger partial charge in [0.05, 0.1) is 12.8 Å². The van der Waals surface area contributed by atoms with Gasteiger partial charge in [-0.3, -0.25) is 4.79 Å². The van der Waals surface area contributed by atoms with Crippen LogP contribution in [0.25, 0.3) is 11.3 Å². The molecular weight excluding hydrogens is 374 g/mol. The fourth-order valence-electron chi connectivity index (χ4n) is 3.28. The molecule has 0 aliphatic heterocycles. The molecule has 4 rings (SSSR count). The minimum absolute atomic E-state index is 0.0588. The number of methoxy groups -OCH3 is 1. The molecule has 4 nitrogen and oxygen atoms in total. The Bertz CT molecular complexity index is 1100. The first-order valence-electron chi connectivity index (χ1n) is 9.86. The van der Waals surface area contributed by atoms with E-state index in [9.17, 15) is 4.79 Å². The van der Waals surface area contributed by atoms with Crippen LogP contribution in [0, 0.1) is 0 Å². The van der Waals surface area contributed by atoms with Crippen LogP contribution in [0.4, 0.5) is 5.69 Å². The van der Waals surface area contributed by atoms with Crippen LogP contribution < -0.4 is 10.1 Å². The SMILES string of the molecule is COc1ccc(-c2cc(NCc3ccccc3)c(C(=O)Cc3ccccc3)o2)cc1. The molecule has 0 unspecified atom stereocenters. The van der Waals surface area contributed by atoms with Gasteiger partial charge in [0.1, 0.15) is 11.5 Å². The first kappa shape index (κ1) is 19.5. The van der Waals surface area contributed by atoms with Crippen molar-refractivity contribution in [1.82, 2.24) is 0 Å². The molecule has 0 spiro atoms. The van der Waals surface area contributed by atoms with E-state index in [0.717, 1.165) is 22.4 Å². The quantitative estimate of drug-likeness (QED) is 0.371. The predicted octanol–water partition coefficient (Wildman–Crippen LogP) is 5.99. The molecule has 30 heavy (non-hydrogen) atoms. The van der Waals surface area contributed by atoms with Crippen LogP contribution in [-0.2, 0) is 13.0 Å². The fraction of sp³-hybridized carbons (Fsp3) is 0.115. The number of hydrogen-bond acceptors (Lipinski definition) is 4. The van der Waals surface area contributed by atoms with Crippen LogP contribution in [0.2, 0.25) is 0 Å². The number of ether oxygens (including phenoxy) is 1. The molecule has 150 valence electrons. The molecular formula is C26H23NO3. The zero-order valence-corrected chi connectivity index (χ0v) is 16.8. The van der Waals surface area contributed by atoms with Gasteiger partial charge in [0.25, 0.3) is 0 Å². The number of hydrogen-bond donors (Lipinski definition) is 1. The smallest absolute Gasteiger partial charge is 0.204 e. The highest BCUT2D eigenvalue weighted by Crippen LogP contribution is 2.31. The van der Waals surface area contributed by atoms with Gasteiger partial charge >= 0.3 is 0 Å². The summed E-state index contributed by atoms with van der Waals surface area (Å²) >= 11 is 0. The van der Waals surface area contributed by atoms with Crippen LogP contribution in [-0.4, -0.2) is 12.9 Å². The van der Waals surface area contributed by atoms with Gasteiger partial charge in [-0.1, -0.05) is 60.7 Å². The number of benzene rings is 3. The van der Waals surface area contributed by atoms with E-state index >= 15 is 0 Å². The molecule has 0 saturated heterocycles. The maximum Gasteiger partial charge on any atom is 0.204 e. The van der Waals surface area contributed by atoms with Crippen molar-refractivity contribution in [3.05, 3.63) is 108 Å². The lowest BCUT2D eigenvalue weighted by Gasteiger charge is -2.06. The third-order valence-electron chi connectivity index (χ3n) is 4.89. The van der Waals surface area contributed by atoms with Crippen molar-refractivity contribution in [3.63, 3.8) is 0 Å². The first-order valence-corrected chi connectivity index (χ1v) is 9.86. The Balaban J connectivity index is 1.62. The molecule has 0 saturated carbocycles. The second-order valence-electron chi connectivity index (χ2n) is 7.01. The summed E-state index contributed by atoms with van der Waals surface area (Å²) in [7, 11) is 1.63. The predicted molar refractivity (Wildman–Crippen MR) is 119 cm³/mol. The summed E-state index contributed by atoms with van der Waals surface area (Å²) in [6.07, 6.45) is 0.288. The summed E-state index contributed by atoms with van der Waals surface area (Å²) in [5, 5.41) is 3.37. The molecule has 0 aliphatic rings. The molecule has 1 heterocycles. The number of anilines is 1. The zero-order chi connectivity index (χ0) is 20.8. The monoisotopic (exact) mass is 397 g/mol. The summed E-state index contributed by atoms with van der Waals surface area (Å²) in [5.41, 5.74) is 3.67. The minimum atomic E-state index is -0.0588. The molecule has 0 atom stereocenters. The molecule has 0 fully saturated rings. The normalized spacial score (nSPS) is 10.6. The summed E-state index contributed by atoms with van der Waals surface area (Å²) < 4.78 is 11.3. The molecule has 4 heteroatoms. The largest absolute Gasteiger partial charge is 0.497 e. The van der Waals surface area contributed by atoms with E-state index in [-0.39, 0.29) is 12.2 Å². The summed E-state index contributed by atoms with van der Waals surface area (Å²) in [4.78, 5) is 13.0. The molecule has 0 bridgehead atoms. The Morgan fingerprint density at radius 3 is 2.13 bits per heavy atom. The lowest BCUT2D eigenvalue weighted by molar-refractivity contribution is 0.0968. The highest BCUT2D eigenvalue weighted by atomic mass is 16.5. The van der Waals surface area contributed by atoms with Crippen LogP contribution in [0.15, 0.2) is 95.4 Å². The molecule has 1 aromatic heterocycles. The summed E-state index contributed by atoms with van der Waals surface area (Å²) in [5.74, 6) is 1.70. The molecule has 0 aliphatic carbocycles. The van der Waals surface area contributed by atoms with Crippen molar-refractivity contribution in [2.24, 2.45) is 0 Å². The van der Waals surface area contributed by atoms with E-state index in [2.05, 4.69) is 5.32 Å². The van der Waals surface area contributed by atoms with E-state index in [1.807, 2.05) is 91.0 Å². The van der Waals surface area contributed by atoms with Crippen LogP contribution in [0.3, 0.4) is 0 Å². The van der Waals surface area contributed by atoms with E-state index < -0.39 is 0 Å². The van der Waals surface area contributed by atoms with Gasteiger partial charge in [0, 0.05) is 24.6 Å². The van der Waals surface area contributed by atoms with E-state index in [1.165, 1.54) is 0 Å². The van der Waals surface area contributed by atoms with E-state index in [4.69, 9.17) is 9.15 Å². The Kier molecular flexibility index (Phi) is 5.95.